The predicted octanol–water partition coefficient (Wildman–Crippen LogP) is 5.39. The van der Waals surface area contributed by atoms with Crippen LogP contribution >= 0.6 is 0 Å². The molecule has 3 aliphatic rings. The van der Waals surface area contributed by atoms with Gasteiger partial charge < -0.3 is 50.6 Å². The number of phenolic OH excluding ortho intramolecular Hbond substituents is 4. The van der Waals surface area contributed by atoms with Crippen molar-refractivity contribution in [1.82, 2.24) is 19.9 Å². The molecular weight excluding hydrogens is 713 g/mol. The summed E-state index contributed by atoms with van der Waals surface area (Å²) >= 11 is 0. The van der Waals surface area contributed by atoms with Crippen molar-refractivity contribution in [2.75, 3.05) is 0 Å². The van der Waals surface area contributed by atoms with E-state index in [2.05, 4.69) is 19.9 Å². The van der Waals surface area contributed by atoms with Crippen LogP contribution in [-0.4, -0.2) is 62.1 Å². The molecule has 5 heterocycles. The summed E-state index contributed by atoms with van der Waals surface area (Å²) in [4.78, 5) is 40.5. The number of aromatic nitrogens is 4. The Balaban J connectivity index is 1.47. The number of ketones is 2. The van der Waals surface area contributed by atoms with Crippen LogP contribution in [0.25, 0.3) is 22.3 Å². The second kappa shape index (κ2) is 12.8. The quantitative estimate of drug-likeness (QED) is 0.103. The molecule has 8 bridgehead atoms. The molecule has 6 aromatic rings. The highest BCUT2D eigenvalue weighted by molar-refractivity contribution is 6.16. The Labute approximate surface area is 316 Å². The highest BCUT2D eigenvalue weighted by atomic mass is 16.3. The summed E-state index contributed by atoms with van der Waals surface area (Å²) in [6, 6.07) is 22.3. The summed E-state index contributed by atoms with van der Waals surface area (Å²) in [5, 5.41) is 67.9. The number of allylic oxidation sites excluding steroid dienone is 8. The molecule has 12 nitrogen and oxygen atoms in total. The molecule has 4 aromatic heterocycles. The van der Waals surface area contributed by atoms with Crippen LogP contribution in [0.15, 0.2) is 144 Å². The van der Waals surface area contributed by atoms with Crippen molar-refractivity contribution < 1.29 is 40.2 Å². The van der Waals surface area contributed by atoms with Crippen LogP contribution in [-0.2, 0) is 9.59 Å². The maximum Gasteiger partial charge on any atom is 0.190 e. The first-order valence-electron chi connectivity index (χ1n) is 17.4. The number of aliphatic hydroxyl groups excluding tert-OH is 2. The molecule has 12 heteroatoms. The summed E-state index contributed by atoms with van der Waals surface area (Å²) in [7, 11) is 0. The van der Waals surface area contributed by atoms with Crippen molar-refractivity contribution >= 4 is 33.9 Å². The van der Waals surface area contributed by atoms with Gasteiger partial charge >= 0.3 is 0 Å². The standard InChI is InChI=1S/C44H30N4O8/c49-29-5-1-6-30(50)41(29)37-21-13-15-23(45-21)38(42-31(51)7-2-8-32(42)52)25-17-19-27(47-25)40(44-35(55)11-4-12-36(44)56)28-20-18-26(48-28)39(24-16-14-22(37)46-24)43-33(53)9-3-10-34(43)54/h1-20,45-53,55H/b37-21+,38-23+,43-39-,44-40+. The number of aromatic hydroxyl groups is 4. The van der Waals surface area contributed by atoms with Gasteiger partial charge in [0.05, 0.1) is 22.3 Å². The summed E-state index contributed by atoms with van der Waals surface area (Å²) in [5.74, 6) is -2.46. The highest BCUT2D eigenvalue weighted by Crippen LogP contribution is 2.40. The number of benzene rings is 2. The third-order valence-electron chi connectivity index (χ3n) is 9.95. The number of H-pyrrole nitrogens is 4. The SMILES string of the molecule is O=C1C=CC=C(O)/C1=C1/c2ccc([nH]2)/C(c2c(O)cccc2O)=c2/cc/c([nH]2)=C(\c2c(O)cccc2O)c2ccc([nH]2)/C(=C2/C(=O)C=CC=C2O)c2ccc1[nH]2. The lowest BCUT2D eigenvalue weighted by atomic mass is 9.94. The number of fused-ring (bicyclic) bond motifs is 8. The normalized spacial score (nSPS) is 20.0. The minimum absolute atomic E-state index is 0.0259. The van der Waals surface area contributed by atoms with E-state index in [9.17, 15) is 40.2 Å². The van der Waals surface area contributed by atoms with Crippen LogP contribution in [0.5, 0.6) is 23.0 Å². The average molecular weight is 743 g/mol. The topological polar surface area (TPSA) is 219 Å². The first-order valence-corrected chi connectivity index (χ1v) is 17.4. The van der Waals surface area contributed by atoms with Gasteiger partial charge in [-0.05, 0) is 97.1 Å². The lowest BCUT2D eigenvalue weighted by molar-refractivity contribution is -0.112. The number of aliphatic hydroxyl groups is 2. The molecule has 0 radical (unpaired) electrons. The van der Waals surface area contributed by atoms with Gasteiger partial charge in [0.1, 0.15) is 34.5 Å². The van der Waals surface area contributed by atoms with E-state index in [0.717, 1.165) is 0 Å². The first-order chi connectivity index (χ1) is 27.1. The minimum atomic E-state index is -0.477. The van der Waals surface area contributed by atoms with Gasteiger partial charge in [-0.1, -0.05) is 24.3 Å². The number of nitrogens with one attached hydrogen (secondary N) is 4. The van der Waals surface area contributed by atoms with E-state index in [1.165, 1.54) is 72.9 Å². The number of carbonyl (C=O) groups is 2. The number of hydrogen-bond acceptors (Lipinski definition) is 8. The summed E-state index contributed by atoms with van der Waals surface area (Å²) in [5.41, 5.74) is 3.48. The van der Waals surface area contributed by atoms with Crippen molar-refractivity contribution in [3.05, 3.63) is 200 Å². The van der Waals surface area contributed by atoms with Gasteiger partial charge in [-0.2, -0.15) is 0 Å². The van der Waals surface area contributed by atoms with Gasteiger partial charge in [-0.25, -0.2) is 0 Å². The van der Waals surface area contributed by atoms with Crippen LogP contribution in [0.3, 0.4) is 0 Å². The summed E-state index contributed by atoms with van der Waals surface area (Å²) in [6.07, 6.45) is 8.33. The lowest BCUT2D eigenvalue weighted by Gasteiger charge is -2.16. The van der Waals surface area contributed by atoms with E-state index in [4.69, 9.17) is 0 Å². The lowest BCUT2D eigenvalue weighted by Crippen LogP contribution is -2.18. The predicted molar refractivity (Wildman–Crippen MR) is 207 cm³/mol. The molecule has 0 atom stereocenters. The van der Waals surface area contributed by atoms with Gasteiger partial charge in [-0.15, -0.1) is 0 Å². The van der Waals surface area contributed by atoms with Crippen molar-refractivity contribution in [2.45, 2.75) is 0 Å². The molecule has 0 saturated carbocycles. The van der Waals surface area contributed by atoms with Crippen LogP contribution < -0.4 is 10.7 Å². The van der Waals surface area contributed by atoms with Crippen LogP contribution in [0.1, 0.15) is 45.3 Å². The largest absolute Gasteiger partial charge is 0.507 e. The maximum atomic E-state index is 13.5. The minimum Gasteiger partial charge on any atom is -0.507 e. The number of phenols is 4. The van der Waals surface area contributed by atoms with Crippen molar-refractivity contribution in [1.29, 1.82) is 0 Å². The third-order valence-corrected chi connectivity index (χ3v) is 9.95. The Bertz CT molecular complexity index is 2780. The zero-order chi connectivity index (χ0) is 38.8. The first kappa shape index (κ1) is 33.7. The van der Waals surface area contributed by atoms with E-state index in [0.29, 0.717) is 56.0 Å². The Hall–Kier alpha value is -8.12. The molecule has 0 amide bonds. The fourth-order valence-electron chi connectivity index (χ4n) is 7.52. The van der Waals surface area contributed by atoms with E-state index in [-0.39, 0.29) is 67.9 Å². The Kier molecular flexibility index (Phi) is 7.69. The molecule has 274 valence electrons. The Morgan fingerprint density at radius 2 is 0.679 bits per heavy atom. The second-order valence-corrected chi connectivity index (χ2v) is 13.3. The van der Waals surface area contributed by atoms with Gasteiger partial charge in [0.2, 0.25) is 0 Å². The van der Waals surface area contributed by atoms with Gasteiger partial charge in [0.15, 0.2) is 11.6 Å². The van der Waals surface area contributed by atoms with E-state index < -0.39 is 11.6 Å². The van der Waals surface area contributed by atoms with Crippen LogP contribution in [0, 0.1) is 0 Å². The molecule has 2 aromatic carbocycles. The molecule has 10 N–H and O–H groups in total. The van der Waals surface area contributed by atoms with Gasteiger partial charge in [-0.3, -0.25) is 9.59 Å². The zero-order valence-electron chi connectivity index (χ0n) is 29.0. The number of carbonyl (C=O) groups excluding carboxylic acids is 2. The Morgan fingerprint density at radius 1 is 0.357 bits per heavy atom. The number of hydrogen-bond donors (Lipinski definition) is 10. The molecular formula is C44H30N4O8. The van der Waals surface area contributed by atoms with E-state index in [1.54, 1.807) is 48.5 Å². The Morgan fingerprint density at radius 3 is 1.00 bits per heavy atom. The molecule has 2 aliphatic carbocycles. The highest BCUT2D eigenvalue weighted by Gasteiger charge is 2.29. The monoisotopic (exact) mass is 742 g/mol. The summed E-state index contributed by atoms with van der Waals surface area (Å²) in [6.45, 7) is 0. The molecule has 0 unspecified atom stereocenters. The summed E-state index contributed by atoms with van der Waals surface area (Å²) < 4.78 is 0. The number of rotatable bonds is 2. The molecule has 0 saturated heterocycles. The third kappa shape index (κ3) is 5.31. The van der Waals surface area contributed by atoms with E-state index >= 15 is 0 Å². The smallest absolute Gasteiger partial charge is 0.190 e. The van der Waals surface area contributed by atoms with Crippen molar-refractivity contribution in [2.24, 2.45) is 0 Å². The fraction of sp³-hybridized carbons (Fsp3) is 0. The molecule has 1 aliphatic heterocycles. The molecule has 0 fully saturated rings. The fourth-order valence-corrected chi connectivity index (χ4v) is 7.52. The number of aromatic amines is 4. The molecule has 0 spiro atoms. The van der Waals surface area contributed by atoms with Gasteiger partial charge in [0.25, 0.3) is 0 Å². The van der Waals surface area contributed by atoms with Crippen LogP contribution in [0.2, 0.25) is 0 Å². The zero-order valence-corrected chi connectivity index (χ0v) is 29.0. The molecule has 56 heavy (non-hydrogen) atoms. The maximum absolute atomic E-state index is 13.5. The van der Waals surface area contributed by atoms with Crippen LogP contribution in [0.4, 0.5) is 0 Å². The van der Waals surface area contributed by atoms with Gasteiger partial charge in [0, 0.05) is 67.2 Å². The second-order valence-electron chi connectivity index (χ2n) is 13.3. The van der Waals surface area contributed by atoms with Crippen molar-refractivity contribution in [3.8, 4) is 23.0 Å². The van der Waals surface area contributed by atoms with Crippen molar-refractivity contribution in [3.63, 3.8) is 0 Å². The molecule has 9 rings (SSSR count). The average Bonchev–Trinajstić information content (AvgIpc) is 4.00. The van der Waals surface area contributed by atoms with E-state index in [1.807, 2.05) is 0 Å².